The van der Waals surface area contributed by atoms with Gasteiger partial charge in [-0.3, -0.25) is 13.9 Å². The molecule has 2 aromatic carbocycles. The molecular formula is C28H38ClN3O4S. The van der Waals surface area contributed by atoms with E-state index in [4.69, 9.17) is 11.6 Å². The van der Waals surface area contributed by atoms with Gasteiger partial charge in [0.05, 0.1) is 11.9 Å². The molecule has 2 aromatic rings. The molecule has 7 nitrogen and oxygen atoms in total. The number of carbonyl (C=O) groups is 2. The Bertz CT molecular complexity index is 1180. The molecule has 0 radical (unpaired) electrons. The Hall–Kier alpha value is -2.58. The quantitative estimate of drug-likeness (QED) is 0.402. The summed E-state index contributed by atoms with van der Waals surface area (Å²) in [6.07, 6.45) is 6.22. The number of hydrogen-bond acceptors (Lipinski definition) is 4. The van der Waals surface area contributed by atoms with Crippen LogP contribution in [0.4, 0.5) is 5.69 Å². The smallest absolute Gasteiger partial charge is 0.243 e. The van der Waals surface area contributed by atoms with E-state index >= 15 is 0 Å². The zero-order chi connectivity index (χ0) is 27.0. The van der Waals surface area contributed by atoms with Gasteiger partial charge in [0, 0.05) is 30.6 Å². The first-order chi connectivity index (χ1) is 17.6. The third kappa shape index (κ3) is 8.47. The van der Waals surface area contributed by atoms with Crippen molar-refractivity contribution in [2.45, 2.75) is 77.4 Å². The van der Waals surface area contributed by atoms with Crippen LogP contribution in [-0.2, 0) is 26.2 Å². The van der Waals surface area contributed by atoms with E-state index in [2.05, 4.69) is 5.32 Å². The van der Waals surface area contributed by atoms with E-state index < -0.39 is 16.1 Å². The molecule has 0 spiro atoms. The summed E-state index contributed by atoms with van der Waals surface area (Å²) in [5.41, 5.74) is 2.50. The fourth-order valence-electron chi connectivity index (χ4n) is 4.93. The number of benzene rings is 2. The average molecular weight is 548 g/mol. The molecule has 1 aliphatic carbocycles. The van der Waals surface area contributed by atoms with Crippen molar-refractivity contribution < 1.29 is 18.0 Å². The van der Waals surface area contributed by atoms with Crippen LogP contribution in [-0.4, -0.2) is 50.0 Å². The first kappa shape index (κ1) is 29.0. The maximum Gasteiger partial charge on any atom is 0.243 e. The normalized spacial score (nSPS) is 14.8. The number of rotatable bonds is 12. The summed E-state index contributed by atoms with van der Waals surface area (Å²) in [6, 6.07) is 14.1. The van der Waals surface area contributed by atoms with Crippen molar-refractivity contribution in [3.63, 3.8) is 0 Å². The largest absolute Gasteiger partial charge is 0.352 e. The molecule has 0 saturated heterocycles. The molecule has 0 bridgehead atoms. The molecule has 202 valence electrons. The number of halogens is 1. The van der Waals surface area contributed by atoms with Gasteiger partial charge in [-0.2, -0.15) is 0 Å². The van der Waals surface area contributed by atoms with Crippen LogP contribution in [0.25, 0.3) is 0 Å². The topological polar surface area (TPSA) is 86.8 Å². The van der Waals surface area contributed by atoms with Crippen molar-refractivity contribution in [3.8, 4) is 0 Å². The number of carbonyl (C=O) groups excluding carboxylic acids is 2. The Morgan fingerprint density at radius 3 is 2.43 bits per heavy atom. The highest BCUT2D eigenvalue weighted by Gasteiger charge is 2.30. The molecule has 0 aliphatic heterocycles. The van der Waals surface area contributed by atoms with Crippen LogP contribution in [0, 0.1) is 6.92 Å². The number of anilines is 1. The summed E-state index contributed by atoms with van der Waals surface area (Å²) in [7, 11) is -3.57. The number of nitrogens with zero attached hydrogens (tertiary/aromatic N) is 2. The minimum Gasteiger partial charge on any atom is -0.352 e. The van der Waals surface area contributed by atoms with Gasteiger partial charge in [0.15, 0.2) is 0 Å². The van der Waals surface area contributed by atoms with Crippen molar-refractivity contribution in [2.75, 3.05) is 17.1 Å². The molecule has 0 unspecified atom stereocenters. The minimum atomic E-state index is -3.57. The predicted octanol–water partition coefficient (Wildman–Crippen LogP) is 5.06. The molecule has 1 atom stereocenters. The number of sulfonamides is 1. The molecule has 0 heterocycles. The molecular weight excluding hydrogens is 510 g/mol. The second kappa shape index (κ2) is 13.3. The van der Waals surface area contributed by atoms with Gasteiger partial charge in [-0.1, -0.05) is 67.3 Å². The zero-order valence-corrected chi connectivity index (χ0v) is 23.5. The molecule has 1 fully saturated rings. The van der Waals surface area contributed by atoms with Crippen LogP contribution in [0.3, 0.4) is 0 Å². The van der Waals surface area contributed by atoms with Crippen molar-refractivity contribution in [1.82, 2.24) is 10.2 Å². The summed E-state index contributed by atoms with van der Waals surface area (Å²) in [5.74, 6) is -0.290. The Morgan fingerprint density at radius 1 is 1.11 bits per heavy atom. The third-order valence-electron chi connectivity index (χ3n) is 6.77. The van der Waals surface area contributed by atoms with E-state index in [-0.39, 0.29) is 30.8 Å². The summed E-state index contributed by atoms with van der Waals surface area (Å²) in [4.78, 5) is 28.5. The van der Waals surface area contributed by atoms with Crippen LogP contribution >= 0.6 is 11.6 Å². The van der Waals surface area contributed by atoms with Crippen molar-refractivity contribution >= 4 is 39.1 Å². The molecule has 37 heavy (non-hydrogen) atoms. The highest BCUT2D eigenvalue weighted by molar-refractivity contribution is 7.92. The molecule has 1 aliphatic rings. The van der Waals surface area contributed by atoms with Gasteiger partial charge in [-0.15, -0.1) is 0 Å². The fourth-order valence-corrected chi connectivity index (χ4v) is 6.07. The van der Waals surface area contributed by atoms with Crippen molar-refractivity contribution in [2.24, 2.45) is 0 Å². The van der Waals surface area contributed by atoms with Crippen molar-refractivity contribution in [1.29, 1.82) is 0 Å². The first-order valence-corrected chi connectivity index (χ1v) is 15.2. The van der Waals surface area contributed by atoms with Crippen LogP contribution in [0.15, 0.2) is 48.5 Å². The summed E-state index contributed by atoms with van der Waals surface area (Å²) in [5, 5.41) is 3.59. The molecule has 1 N–H and O–H groups in total. The number of amides is 2. The molecule has 2 amide bonds. The maximum absolute atomic E-state index is 13.6. The molecule has 0 aromatic heterocycles. The van der Waals surface area contributed by atoms with Gasteiger partial charge in [0.1, 0.15) is 6.04 Å². The van der Waals surface area contributed by atoms with Gasteiger partial charge in [-0.25, -0.2) is 8.42 Å². The lowest BCUT2D eigenvalue weighted by Crippen LogP contribution is -2.51. The van der Waals surface area contributed by atoms with Gasteiger partial charge < -0.3 is 10.2 Å². The minimum absolute atomic E-state index is 0.117. The standard InChI is InChI=1S/C28H38ClN3O4S/c1-4-26(28(34)30-24-13-5-6-14-24)31(20-22-11-7-10-21(2)18-22)27(33)16-9-17-32(37(3,35)36)25-15-8-12-23(29)19-25/h7-8,10-12,15,18-19,24,26H,4-6,9,13-14,16-17,20H2,1-3H3,(H,30,34)/t26-/m1/s1. The predicted molar refractivity (Wildman–Crippen MR) is 149 cm³/mol. The first-order valence-electron chi connectivity index (χ1n) is 13.0. The summed E-state index contributed by atoms with van der Waals surface area (Å²) >= 11 is 6.07. The van der Waals surface area contributed by atoms with E-state index in [0.29, 0.717) is 30.1 Å². The summed E-state index contributed by atoms with van der Waals surface area (Å²) in [6.45, 7) is 4.37. The average Bonchev–Trinajstić information content (AvgIpc) is 3.33. The highest BCUT2D eigenvalue weighted by Crippen LogP contribution is 2.23. The lowest BCUT2D eigenvalue weighted by molar-refractivity contribution is -0.141. The Balaban J connectivity index is 1.76. The van der Waals surface area contributed by atoms with Gasteiger partial charge in [0.25, 0.3) is 0 Å². The second-order valence-electron chi connectivity index (χ2n) is 9.84. The lowest BCUT2D eigenvalue weighted by atomic mass is 10.1. The van der Waals surface area contributed by atoms with Gasteiger partial charge in [-0.05, 0) is 56.4 Å². The number of nitrogens with one attached hydrogen (secondary N) is 1. The van der Waals surface area contributed by atoms with E-state index in [1.165, 1.54) is 4.31 Å². The van der Waals surface area contributed by atoms with Crippen LogP contribution < -0.4 is 9.62 Å². The molecule has 3 rings (SSSR count). The van der Waals surface area contributed by atoms with E-state index in [0.717, 1.165) is 43.1 Å². The van der Waals surface area contributed by atoms with Crippen LogP contribution in [0.5, 0.6) is 0 Å². The Labute approximate surface area is 226 Å². The molecule has 1 saturated carbocycles. The Morgan fingerprint density at radius 2 is 1.81 bits per heavy atom. The van der Waals surface area contributed by atoms with Gasteiger partial charge in [0.2, 0.25) is 21.8 Å². The van der Waals surface area contributed by atoms with Crippen LogP contribution in [0.1, 0.15) is 63.0 Å². The highest BCUT2D eigenvalue weighted by atomic mass is 35.5. The van der Waals surface area contributed by atoms with E-state index in [9.17, 15) is 18.0 Å². The fraction of sp³-hybridized carbons (Fsp3) is 0.500. The summed E-state index contributed by atoms with van der Waals surface area (Å²) < 4.78 is 26.2. The zero-order valence-electron chi connectivity index (χ0n) is 22.0. The number of hydrogen-bond donors (Lipinski definition) is 1. The van der Waals surface area contributed by atoms with Crippen LogP contribution in [0.2, 0.25) is 5.02 Å². The SMILES string of the molecule is CC[C@H](C(=O)NC1CCCC1)N(Cc1cccc(C)c1)C(=O)CCCN(c1cccc(Cl)c1)S(C)(=O)=O. The van der Waals surface area contributed by atoms with Crippen molar-refractivity contribution in [3.05, 3.63) is 64.7 Å². The number of aryl methyl sites for hydroxylation is 1. The Kier molecular flexibility index (Phi) is 10.4. The van der Waals surface area contributed by atoms with E-state index in [1.54, 1.807) is 29.2 Å². The maximum atomic E-state index is 13.6. The third-order valence-corrected chi connectivity index (χ3v) is 8.20. The van der Waals surface area contributed by atoms with Gasteiger partial charge >= 0.3 is 0 Å². The van der Waals surface area contributed by atoms with E-state index in [1.807, 2.05) is 38.1 Å². The monoisotopic (exact) mass is 547 g/mol. The second-order valence-corrected chi connectivity index (χ2v) is 12.2. The lowest BCUT2D eigenvalue weighted by Gasteiger charge is -2.32. The molecule has 9 heteroatoms.